The molecule has 20 heteroatoms. The van der Waals surface area contributed by atoms with Crippen molar-refractivity contribution in [2.24, 2.45) is 11.5 Å². The summed E-state index contributed by atoms with van der Waals surface area (Å²) in [5.41, 5.74) is 16.0. The van der Waals surface area contributed by atoms with Crippen molar-refractivity contribution in [3.05, 3.63) is 83.0 Å². The summed E-state index contributed by atoms with van der Waals surface area (Å²) in [6, 6.07) is 10.00. The first-order valence-electron chi connectivity index (χ1n) is 21.2. The van der Waals surface area contributed by atoms with E-state index >= 15 is 0 Å². The lowest BCUT2D eigenvalue weighted by atomic mass is 10.1. The minimum absolute atomic E-state index is 0.177. The highest BCUT2D eigenvalue weighted by Gasteiger charge is 2.24. The second-order valence-electron chi connectivity index (χ2n) is 16.3. The van der Waals surface area contributed by atoms with Gasteiger partial charge in [-0.15, -0.1) is 0 Å². The number of rotatable bonds is 17. The largest absolute Gasteiger partial charge is 0.494 e. The summed E-state index contributed by atoms with van der Waals surface area (Å²) in [5, 5.41) is 16.0. The minimum Gasteiger partial charge on any atom is -0.494 e. The lowest BCUT2D eigenvalue weighted by molar-refractivity contribution is 0.0525. The second-order valence-corrected chi connectivity index (χ2v) is 16.3. The number of aromatic nitrogens is 9. The number of anilines is 1. The Hall–Kier alpha value is -7.77. The Bertz CT molecular complexity index is 3000. The molecule has 7 rings (SSSR count). The summed E-state index contributed by atoms with van der Waals surface area (Å²) in [6.45, 7) is 14.9. The van der Waals surface area contributed by atoms with Gasteiger partial charge in [-0.1, -0.05) is 12.2 Å². The molecule has 0 atom stereocenters. The lowest BCUT2D eigenvalue weighted by Crippen LogP contribution is -2.33. The van der Waals surface area contributed by atoms with Crippen LogP contribution >= 0.6 is 0 Å². The number of benzene rings is 2. The van der Waals surface area contributed by atoms with E-state index in [1.807, 2.05) is 55.2 Å². The number of aryl methyl sites for hydroxylation is 4. The summed E-state index contributed by atoms with van der Waals surface area (Å²) >= 11 is 0. The van der Waals surface area contributed by atoms with E-state index in [-0.39, 0.29) is 43.3 Å². The van der Waals surface area contributed by atoms with Gasteiger partial charge in [0.1, 0.15) is 39.7 Å². The Morgan fingerprint density at radius 2 is 1.46 bits per heavy atom. The minimum atomic E-state index is -0.663. The van der Waals surface area contributed by atoms with Crippen LogP contribution < -0.4 is 31.6 Å². The molecule has 340 valence electrons. The highest BCUT2D eigenvalue weighted by molar-refractivity contribution is 6.12. The number of fused-ring (bicyclic) bond motifs is 4. The van der Waals surface area contributed by atoms with Crippen molar-refractivity contribution in [3.63, 3.8) is 0 Å². The second kappa shape index (κ2) is 18.5. The van der Waals surface area contributed by atoms with E-state index < -0.39 is 29.4 Å². The number of imidazole rings is 1. The number of hydrogen-bond donors (Lipinski definition) is 4. The Morgan fingerprint density at radius 3 is 2.14 bits per heavy atom. The van der Waals surface area contributed by atoms with Gasteiger partial charge in [-0.3, -0.25) is 29.1 Å². The van der Waals surface area contributed by atoms with Crippen LogP contribution in [0.1, 0.15) is 83.6 Å². The van der Waals surface area contributed by atoms with Crippen molar-refractivity contribution < 1.29 is 33.4 Å². The topological polar surface area (TPSA) is 256 Å². The predicted molar refractivity (Wildman–Crippen MR) is 244 cm³/mol. The zero-order valence-corrected chi connectivity index (χ0v) is 37.7. The van der Waals surface area contributed by atoms with Crippen LogP contribution in [0.5, 0.6) is 11.5 Å². The molecule has 0 aliphatic carbocycles. The summed E-state index contributed by atoms with van der Waals surface area (Å²) < 4.78 is 24.6. The molecule has 0 saturated carbocycles. The van der Waals surface area contributed by atoms with Crippen LogP contribution in [-0.2, 0) is 30.9 Å². The molecule has 0 fully saturated rings. The number of hydrogen-bond acceptors (Lipinski definition) is 12. The highest BCUT2D eigenvalue weighted by atomic mass is 16.6. The summed E-state index contributed by atoms with van der Waals surface area (Å²) in [7, 11) is 1.47. The predicted octanol–water partition coefficient (Wildman–Crippen LogP) is 5.66. The SMILES string of the molecule is CCn1nc(C)cc1C(=O)Nc1nc2cc(C(N)=O)cc(OC)c2n1CC=CCn1c2nc(-c3cc(C)nn3CC)ncc2c2cc(C(N)=O)cc(OCCCNC(=O)OC(C)(C)C)c21. The number of alkyl carbamates (subject to hydrolysis) is 1. The molecule has 20 nitrogen and oxygen atoms in total. The monoisotopic (exact) mass is 887 g/mol. The number of amides is 4. The fourth-order valence-electron chi connectivity index (χ4n) is 7.54. The maximum Gasteiger partial charge on any atom is 0.407 e. The molecule has 0 spiro atoms. The van der Waals surface area contributed by atoms with Gasteiger partial charge in [-0.25, -0.2) is 19.7 Å². The van der Waals surface area contributed by atoms with Gasteiger partial charge < -0.3 is 40.1 Å². The first kappa shape index (κ1) is 45.3. The molecule has 65 heavy (non-hydrogen) atoms. The molecule has 0 aliphatic heterocycles. The first-order chi connectivity index (χ1) is 31.0. The van der Waals surface area contributed by atoms with Gasteiger partial charge in [0.15, 0.2) is 5.82 Å². The third-order valence-electron chi connectivity index (χ3n) is 10.3. The first-order valence-corrected chi connectivity index (χ1v) is 21.2. The van der Waals surface area contributed by atoms with E-state index in [0.29, 0.717) is 81.2 Å². The van der Waals surface area contributed by atoms with Crippen molar-refractivity contribution in [1.82, 2.24) is 49.0 Å². The maximum atomic E-state index is 13.7. The number of nitrogens with two attached hydrogens (primary N) is 2. The summed E-state index contributed by atoms with van der Waals surface area (Å²) in [5.74, 6) is -0.386. The molecule has 5 aromatic heterocycles. The van der Waals surface area contributed by atoms with E-state index in [1.165, 1.54) is 13.2 Å². The summed E-state index contributed by atoms with van der Waals surface area (Å²) in [6.07, 6.45) is 5.42. The average Bonchev–Trinajstić information content (AvgIpc) is 4.01. The van der Waals surface area contributed by atoms with Crippen molar-refractivity contribution >= 4 is 62.7 Å². The van der Waals surface area contributed by atoms with Crippen molar-refractivity contribution in [2.75, 3.05) is 25.6 Å². The van der Waals surface area contributed by atoms with Crippen molar-refractivity contribution in [1.29, 1.82) is 0 Å². The van der Waals surface area contributed by atoms with Crippen molar-refractivity contribution in [2.45, 2.75) is 86.7 Å². The molecule has 0 radical (unpaired) electrons. The van der Waals surface area contributed by atoms with E-state index in [4.69, 9.17) is 40.6 Å². The molecule has 0 saturated heterocycles. The number of carbonyl (C=O) groups excluding carboxylic acids is 4. The van der Waals surface area contributed by atoms with Gasteiger partial charge in [0, 0.05) is 60.8 Å². The normalized spacial score (nSPS) is 11.8. The van der Waals surface area contributed by atoms with Crippen LogP contribution in [0.3, 0.4) is 0 Å². The Kier molecular flexibility index (Phi) is 12.9. The maximum absolute atomic E-state index is 13.7. The number of primary amides is 2. The number of ether oxygens (including phenoxy) is 3. The van der Waals surface area contributed by atoms with Crippen molar-refractivity contribution in [3.8, 4) is 23.0 Å². The van der Waals surface area contributed by atoms with Crippen LogP contribution in [0.25, 0.3) is 44.5 Å². The van der Waals surface area contributed by atoms with Gasteiger partial charge >= 0.3 is 6.09 Å². The number of allylic oxidation sites excluding steroid dienone is 2. The molecule has 0 bridgehead atoms. The molecule has 7 aromatic rings. The van der Waals surface area contributed by atoms with E-state index in [0.717, 1.165) is 11.4 Å². The third kappa shape index (κ3) is 9.60. The van der Waals surface area contributed by atoms with Gasteiger partial charge in [0.2, 0.25) is 17.8 Å². The van der Waals surface area contributed by atoms with Gasteiger partial charge in [-0.2, -0.15) is 10.2 Å². The smallest absolute Gasteiger partial charge is 0.407 e. The highest BCUT2D eigenvalue weighted by Crippen LogP contribution is 2.37. The zero-order valence-electron chi connectivity index (χ0n) is 37.7. The van der Waals surface area contributed by atoms with Crippen LogP contribution in [0.2, 0.25) is 0 Å². The molecular formula is C45H53N13O7. The van der Waals surface area contributed by atoms with Crippen LogP contribution in [0.15, 0.2) is 54.7 Å². The summed E-state index contributed by atoms with van der Waals surface area (Å²) in [4.78, 5) is 65.6. The van der Waals surface area contributed by atoms with Crippen LogP contribution in [-0.4, -0.2) is 93.3 Å². The Labute approximate surface area is 373 Å². The quantitative estimate of drug-likeness (QED) is 0.0638. The molecule has 2 aromatic carbocycles. The number of nitrogens with one attached hydrogen (secondary N) is 2. The zero-order chi connectivity index (χ0) is 46.7. The number of carbonyl (C=O) groups is 4. The van der Waals surface area contributed by atoms with Gasteiger partial charge in [0.05, 0.1) is 36.1 Å². The molecular weight excluding hydrogens is 835 g/mol. The number of nitrogens with zero attached hydrogens (tertiary/aromatic N) is 9. The van der Waals surface area contributed by atoms with Gasteiger partial charge in [0.25, 0.3) is 5.91 Å². The lowest BCUT2D eigenvalue weighted by Gasteiger charge is -2.19. The fourth-order valence-corrected chi connectivity index (χ4v) is 7.54. The fraction of sp³-hybridized carbons (Fsp3) is 0.356. The standard InChI is InChI=1S/C45H53N13O7/c1-9-57-32(18-25(3)53-57)40-49-24-30-29-20-27(38(46)59)23-35(64-17-13-14-48-44(62)65-45(5,6)7)36(29)55(41(30)51-40)15-11-12-16-56-37-31(21-28(39(47)60)22-34(37)63-8)50-43(56)52-42(61)33-19-26(4)54-58(33)10-2/h11-12,18-24H,9-10,13-17H2,1-8H3,(H2,46,59)(H2,47,60)(H,48,62)(H,50,52,61). The van der Waals surface area contributed by atoms with Gasteiger partial charge in [-0.05, 0) is 91.3 Å². The molecule has 5 heterocycles. The Morgan fingerprint density at radius 1 is 0.800 bits per heavy atom. The Balaban J connectivity index is 1.29. The molecule has 4 amide bonds. The van der Waals surface area contributed by atoms with Crippen LogP contribution in [0, 0.1) is 13.8 Å². The third-order valence-corrected chi connectivity index (χ3v) is 10.3. The average molecular weight is 888 g/mol. The van der Waals surface area contributed by atoms with E-state index in [2.05, 4.69) is 20.8 Å². The van der Waals surface area contributed by atoms with E-state index in [1.54, 1.807) is 60.5 Å². The number of methoxy groups -OCH3 is 1. The molecule has 0 aliphatic rings. The molecule has 0 unspecified atom stereocenters. The molecule has 6 N–H and O–H groups in total. The van der Waals surface area contributed by atoms with E-state index in [9.17, 15) is 19.2 Å². The van der Waals surface area contributed by atoms with Crippen LogP contribution in [0.4, 0.5) is 10.7 Å².